The summed E-state index contributed by atoms with van der Waals surface area (Å²) in [6, 6.07) is 11.0. The van der Waals surface area contributed by atoms with Gasteiger partial charge in [0.1, 0.15) is 6.07 Å². The van der Waals surface area contributed by atoms with E-state index in [-0.39, 0.29) is 11.4 Å². The van der Waals surface area contributed by atoms with E-state index in [1.54, 1.807) is 6.07 Å². The first kappa shape index (κ1) is 14.0. The van der Waals surface area contributed by atoms with Crippen LogP contribution in [0.15, 0.2) is 36.5 Å². The highest BCUT2D eigenvalue weighted by atomic mass is 32.2. The summed E-state index contributed by atoms with van der Waals surface area (Å²) in [7, 11) is -3.71. The summed E-state index contributed by atoms with van der Waals surface area (Å²) in [5, 5.41) is 8.93. The zero-order chi connectivity index (χ0) is 14.8. The van der Waals surface area contributed by atoms with Gasteiger partial charge in [-0.05, 0) is 18.6 Å². The maximum atomic E-state index is 11.2. The number of benzene rings is 1. The Balaban J connectivity index is 2.50. The number of hydrogen-bond acceptors (Lipinski definition) is 5. The van der Waals surface area contributed by atoms with Crippen LogP contribution in [0.5, 0.6) is 5.75 Å². The van der Waals surface area contributed by atoms with Gasteiger partial charge in [0, 0.05) is 11.8 Å². The van der Waals surface area contributed by atoms with E-state index in [0.29, 0.717) is 5.56 Å². The molecule has 0 aliphatic heterocycles. The van der Waals surface area contributed by atoms with Crippen LogP contribution in [0.4, 0.5) is 0 Å². The van der Waals surface area contributed by atoms with Crippen molar-refractivity contribution in [3.05, 3.63) is 47.8 Å². The monoisotopic (exact) mass is 288 g/mol. The van der Waals surface area contributed by atoms with E-state index in [9.17, 15) is 8.42 Å². The number of aromatic nitrogens is 1. The molecule has 0 N–H and O–H groups in total. The van der Waals surface area contributed by atoms with Crippen molar-refractivity contribution < 1.29 is 12.6 Å². The van der Waals surface area contributed by atoms with Crippen molar-refractivity contribution in [3.8, 4) is 22.9 Å². The molecule has 0 amide bonds. The average Bonchev–Trinajstić information content (AvgIpc) is 2.37. The van der Waals surface area contributed by atoms with Gasteiger partial charge in [-0.15, -0.1) is 0 Å². The van der Waals surface area contributed by atoms with Crippen molar-refractivity contribution in [1.29, 1.82) is 5.26 Å². The second-order valence-corrected chi connectivity index (χ2v) is 5.91. The molecule has 0 radical (unpaired) electrons. The minimum Gasteiger partial charge on any atom is -0.379 e. The molecular formula is C14H12N2O3S. The zero-order valence-electron chi connectivity index (χ0n) is 11.0. The molecule has 2 aromatic rings. The molecule has 0 fully saturated rings. The number of aryl methyl sites for hydroxylation is 1. The number of hydrogen-bond donors (Lipinski definition) is 0. The third kappa shape index (κ3) is 3.33. The highest BCUT2D eigenvalue weighted by molar-refractivity contribution is 7.86. The zero-order valence-corrected chi connectivity index (χ0v) is 11.8. The van der Waals surface area contributed by atoms with Gasteiger partial charge in [0.25, 0.3) is 0 Å². The quantitative estimate of drug-likeness (QED) is 0.809. The van der Waals surface area contributed by atoms with Crippen molar-refractivity contribution in [2.24, 2.45) is 0 Å². The Labute approximate surface area is 117 Å². The molecule has 2 rings (SSSR count). The SMILES string of the molecule is Cc1ccc(-c2cnc(C#N)c(OS(C)(=O)=O)c2)cc1. The van der Waals surface area contributed by atoms with Crippen LogP contribution in [-0.2, 0) is 10.1 Å². The Hall–Kier alpha value is -2.39. The van der Waals surface area contributed by atoms with E-state index in [2.05, 4.69) is 4.98 Å². The largest absolute Gasteiger partial charge is 0.379 e. The number of nitrogens with zero attached hydrogens (tertiary/aromatic N) is 2. The molecule has 1 aromatic carbocycles. The highest BCUT2D eigenvalue weighted by Gasteiger charge is 2.13. The van der Waals surface area contributed by atoms with Gasteiger partial charge in [0.15, 0.2) is 11.4 Å². The number of nitriles is 1. The normalized spacial score (nSPS) is 10.8. The predicted octanol–water partition coefficient (Wildman–Crippen LogP) is 2.27. The van der Waals surface area contributed by atoms with Crippen LogP contribution in [0.1, 0.15) is 11.3 Å². The standard InChI is InChI=1S/C14H12N2O3S/c1-10-3-5-11(6-4-10)12-7-14(19-20(2,17)18)13(8-15)16-9-12/h3-7,9H,1-2H3. The van der Waals surface area contributed by atoms with Crippen molar-refractivity contribution in [1.82, 2.24) is 4.98 Å². The molecule has 0 saturated carbocycles. The van der Waals surface area contributed by atoms with Crippen molar-refractivity contribution in [2.45, 2.75) is 6.92 Å². The minimum absolute atomic E-state index is 0.0620. The Morgan fingerprint density at radius 2 is 1.85 bits per heavy atom. The first-order chi connectivity index (χ1) is 9.39. The van der Waals surface area contributed by atoms with Crippen LogP contribution in [0.2, 0.25) is 0 Å². The number of rotatable bonds is 3. The molecule has 102 valence electrons. The van der Waals surface area contributed by atoms with Crippen LogP contribution in [-0.4, -0.2) is 19.7 Å². The lowest BCUT2D eigenvalue weighted by atomic mass is 10.1. The topological polar surface area (TPSA) is 80.0 Å². The van der Waals surface area contributed by atoms with Gasteiger partial charge >= 0.3 is 10.1 Å². The lowest BCUT2D eigenvalue weighted by molar-refractivity contribution is 0.491. The van der Waals surface area contributed by atoms with E-state index in [4.69, 9.17) is 9.44 Å². The summed E-state index contributed by atoms with van der Waals surface area (Å²) < 4.78 is 27.2. The van der Waals surface area contributed by atoms with Gasteiger partial charge in [-0.3, -0.25) is 0 Å². The molecule has 20 heavy (non-hydrogen) atoms. The van der Waals surface area contributed by atoms with Crippen molar-refractivity contribution in [2.75, 3.05) is 6.26 Å². The molecule has 1 aromatic heterocycles. The average molecular weight is 288 g/mol. The third-order valence-electron chi connectivity index (χ3n) is 2.58. The van der Waals surface area contributed by atoms with Crippen LogP contribution in [0.25, 0.3) is 11.1 Å². The first-order valence-electron chi connectivity index (χ1n) is 5.76. The third-order valence-corrected chi connectivity index (χ3v) is 3.07. The van der Waals surface area contributed by atoms with Gasteiger partial charge in [0.2, 0.25) is 0 Å². The van der Waals surface area contributed by atoms with Gasteiger partial charge < -0.3 is 4.18 Å². The van der Waals surface area contributed by atoms with E-state index < -0.39 is 10.1 Å². The Kier molecular flexibility index (Phi) is 3.72. The molecule has 0 aliphatic carbocycles. The summed E-state index contributed by atoms with van der Waals surface area (Å²) >= 11 is 0. The van der Waals surface area contributed by atoms with Crippen LogP contribution < -0.4 is 4.18 Å². The van der Waals surface area contributed by atoms with Crippen LogP contribution in [0, 0.1) is 18.3 Å². The van der Waals surface area contributed by atoms with Crippen LogP contribution in [0.3, 0.4) is 0 Å². The Morgan fingerprint density at radius 3 is 2.40 bits per heavy atom. The summed E-state index contributed by atoms with van der Waals surface area (Å²) in [5.74, 6) is -0.0620. The van der Waals surface area contributed by atoms with E-state index >= 15 is 0 Å². The fraction of sp³-hybridized carbons (Fsp3) is 0.143. The van der Waals surface area contributed by atoms with Gasteiger partial charge in [-0.2, -0.15) is 13.7 Å². The predicted molar refractivity (Wildman–Crippen MR) is 74.6 cm³/mol. The van der Waals surface area contributed by atoms with Crippen LogP contribution >= 0.6 is 0 Å². The second-order valence-electron chi connectivity index (χ2n) is 4.34. The van der Waals surface area contributed by atoms with Gasteiger partial charge in [-0.25, -0.2) is 4.98 Å². The number of pyridine rings is 1. The van der Waals surface area contributed by atoms with E-state index in [0.717, 1.165) is 17.4 Å². The molecular weight excluding hydrogens is 276 g/mol. The van der Waals surface area contributed by atoms with Crippen molar-refractivity contribution >= 4 is 10.1 Å². The highest BCUT2D eigenvalue weighted by Crippen LogP contribution is 2.26. The maximum absolute atomic E-state index is 11.2. The summed E-state index contributed by atoms with van der Waals surface area (Å²) in [6.45, 7) is 1.97. The lowest BCUT2D eigenvalue weighted by Crippen LogP contribution is -2.07. The lowest BCUT2D eigenvalue weighted by Gasteiger charge is -2.07. The summed E-state index contributed by atoms with van der Waals surface area (Å²) in [5.41, 5.74) is 2.60. The van der Waals surface area contributed by atoms with Crippen molar-refractivity contribution in [3.63, 3.8) is 0 Å². The van der Waals surface area contributed by atoms with Gasteiger partial charge in [0.05, 0.1) is 6.26 Å². The molecule has 0 aliphatic rings. The smallest absolute Gasteiger partial charge is 0.306 e. The minimum atomic E-state index is -3.71. The molecule has 6 heteroatoms. The molecule has 0 saturated heterocycles. The summed E-state index contributed by atoms with van der Waals surface area (Å²) in [4.78, 5) is 3.93. The second kappa shape index (κ2) is 5.31. The maximum Gasteiger partial charge on any atom is 0.306 e. The molecule has 0 bridgehead atoms. The Bertz CT molecular complexity index is 775. The Morgan fingerprint density at radius 1 is 1.20 bits per heavy atom. The van der Waals surface area contributed by atoms with Gasteiger partial charge in [-0.1, -0.05) is 29.8 Å². The fourth-order valence-electron chi connectivity index (χ4n) is 1.66. The van der Waals surface area contributed by atoms with E-state index in [1.165, 1.54) is 12.3 Å². The fourth-order valence-corrected chi connectivity index (χ4v) is 2.11. The molecule has 0 atom stereocenters. The first-order valence-corrected chi connectivity index (χ1v) is 7.57. The molecule has 5 nitrogen and oxygen atoms in total. The van der Waals surface area contributed by atoms with E-state index in [1.807, 2.05) is 31.2 Å². The molecule has 0 spiro atoms. The summed E-state index contributed by atoms with van der Waals surface area (Å²) in [6.07, 6.45) is 2.44. The molecule has 1 heterocycles. The molecule has 0 unspecified atom stereocenters.